The van der Waals surface area contributed by atoms with E-state index in [1.54, 1.807) is 11.1 Å². The van der Waals surface area contributed by atoms with E-state index in [4.69, 9.17) is 0 Å². The van der Waals surface area contributed by atoms with E-state index in [0.29, 0.717) is 19.0 Å². The minimum atomic E-state index is -0.488. The van der Waals surface area contributed by atoms with Crippen LogP contribution in [0.1, 0.15) is 29.0 Å². The van der Waals surface area contributed by atoms with E-state index in [1.807, 2.05) is 18.2 Å². The van der Waals surface area contributed by atoms with Crippen LogP contribution in [0.5, 0.6) is 0 Å². The third-order valence-corrected chi connectivity index (χ3v) is 4.78. The summed E-state index contributed by atoms with van der Waals surface area (Å²) in [4.78, 5) is 42.9. The molecule has 7 heteroatoms. The van der Waals surface area contributed by atoms with Gasteiger partial charge in [0.1, 0.15) is 5.69 Å². The number of pyridine rings is 1. The van der Waals surface area contributed by atoms with Crippen molar-refractivity contribution in [2.45, 2.75) is 19.3 Å². The lowest BCUT2D eigenvalue weighted by molar-refractivity contribution is 0.0660. The van der Waals surface area contributed by atoms with Crippen molar-refractivity contribution in [3.63, 3.8) is 0 Å². The number of nitrogens with zero attached hydrogens (tertiary/aromatic N) is 4. The minimum Gasteiger partial charge on any atom is -0.337 e. The Bertz CT molecular complexity index is 885. The smallest absolute Gasteiger partial charge is 0.331 e. The number of hydrogen-bond acceptors (Lipinski definition) is 4. The van der Waals surface area contributed by atoms with E-state index < -0.39 is 11.2 Å². The maximum atomic E-state index is 12.8. The molecule has 3 rings (SSSR count). The lowest BCUT2D eigenvalue weighted by atomic mass is 9.93. The predicted octanol–water partition coefficient (Wildman–Crippen LogP) is 0.574. The van der Waals surface area contributed by atoms with Crippen molar-refractivity contribution in [2.24, 2.45) is 20.0 Å². The van der Waals surface area contributed by atoms with E-state index in [9.17, 15) is 14.4 Å². The average molecular weight is 342 g/mol. The maximum absolute atomic E-state index is 12.8. The number of aromatic nitrogens is 3. The number of rotatable bonds is 3. The molecule has 1 aliphatic heterocycles. The minimum absolute atomic E-state index is 0.145. The molecule has 1 saturated heterocycles. The first kappa shape index (κ1) is 17.1. The molecule has 1 amide bonds. The molecule has 0 radical (unpaired) electrons. The largest absolute Gasteiger partial charge is 0.337 e. The number of carbonyl (C=O) groups is 1. The van der Waals surface area contributed by atoms with Gasteiger partial charge in [0.15, 0.2) is 0 Å². The van der Waals surface area contributed by atoms with Gasteiger partial charge in [-0.05, 0) is 37.3 Å². The zero-order valence-electron chi connectivity index (χ0n) is 14.5. The van der Waals surface area contributed by atoms with Crippen LogP contribution in [0.25, 0.3) is 0 Å². The fraction of sp³-hybridized carbons (Fsp3) is 0.444. The monoisotopic (exact) mass is 342 g/mol. The van der Waals surface area contributed by atoms with E-state index >= 15 is 0 Å². The lowest BCUT2D eigenvalue weighted by Crippen LogP contribution is -2.45. The van der Waals surface area contributed by atoms with Crippen molar-refractivity contribution < 1.29 is 4.79 Å². The number of likely N-dealkylation sites (tertiary alicyclic amines) is 1. The first-order chi connectivity index (χ1) is 12.0. The Kier molecular flexibility index (Phi) is 4.83. The van der Waals surface area contributed by atoms with Crippen LogP contribution in [0, 0.1) is 5.92 Å². The van der Waals surface area contributed by atoms with Crippen LogP contribution in [-0.2, 0) is 20.5 Å². The molecule has 2 aromatic heterocycles. The molecule has 0 bridgehead atoms. The van der Waals surface area contributed by atoms with Crippen LogP contribution in [0.4, 0.5) is 0 Å². The summed E-state index contributed by atoms with van der Waals surface area (Å²) >= 11 is 0. The Balaban J connectivity index is 1.79. The molecular formula is C18H22N4O3. The summed E-state index contributed by atoms with van der Waals surface area (Å²) in [5.74, 6) is 0.0687. The summed E-state index contributed by atoms with van der Waals surface area (Å²) < 4.78 is 2.24. The fourth-order valence-corrected chi connectivity index (χ4v) is 3.33. The van der Waals surface area contributed by atoms with Crippen LogP contribution in [0.15, 0.2) is 40.1 Å². The van der Waals surface area contributed by atoms with E-state index in [-0.39, 0.29) is 11.6 Å². The zero-order chi connectivity index (χ0) is 18.0. The quantitative estimate of drug-likeness (QED) is 0.817. The van der Waals surface area contributed by atoms with Gasteiger partial charge in [-0.1, -0.05) is 6.07 Å². The molecular weight excluding hydrogens is 320 g/mol. The van der Waals surface area contributed by atoms with E-state index in [1.165, 1.54) is 24.7 Å². The Hall–Kier alpha value is -2.70. The Labute approximate surface area is 145 Å². The molecule has 2 aromatic rings. The number of piperidine rings is 1. The standard InChI is InChI=1S/C18H22N4O3/c1-20-15(11-16(23)21(2)18(20)25)17(24)22-9-5-6-13(12-22)10-14-7-3-4-8-19-14/h3-4,7-8,11,13H,5-6,9-10,12H2,1-2H3. The molecule has 0 aromatic carbocycles. The highest BCUT2D eigenvalue weighted by molar-refractivity contribution is 5.92. The molecule has 0 N–H and O–H groups in total. The third kappa shape index (κ3) is 3.55. The van der Waals surface area contributed by atoms with Gasteiger partial charge in [0.25, 0.3) is 11.5 Å². The van der Waals surface area contributed by atoms with Crippen LogP contribution in [0.3, 0.4) is 0 Å². The summed E-state index contributed by atoms with van der Waals surface area (Å²) in [5.41, 5.74) is 0.209. The second-order valence-corrected chi connectivity index (χ2v) is 6.55. The Morgan fingerprint density at radius 1 is 1.24 bits per heavy atom. The summed E-state index contributed by atoms with van der Waals surface area (Å²) in [7, 11) is 2.92. The molecule has 25 heavy (non-hydrogen) atoms. The summed E-state index contributed by atoms with van der Waals surface area (Å²) in [6.07, 6.45) is 4.54. The van der Waals surface area contributed by atoms with Crippen LogP contribution < -0.4 is 11.2 Å². The summed E-state index contributed by atoms with van der Waals surface area (Å²) in [6, 6.07) is 7.08. The highest BCUT2D eigenvalue weighted by Crippen LogP contribution is 2.21. The van der Waals surface area contributed by atoms with Gasteiger partial charge < -0.3 is 4.90 Å². The zero-order valence-corrected chi connectivity index (χ0v) is 14.5. The van der Waals surface area contributed by atoms with Gasteiger partial charge in [-0.25, -0.2) is 4.79 Å². The Morgan fingerprint density at radius 2 is 2.04 bits per heavy atom. The maximum Gasteiger partial charge on any atom is 0.331 e. The van der Waals surface area contributed by atoms with Crippen LogP contribution >= 0.6 is 0 Å². The van der Waals surface area contributed by atoms with Gasteiger partial charge in [0.2, 0.25) is 0 Å². The SMILES string of the molecule is Cn1c(C(=O)N2CCCC(Cc3ccccn3)C2)cc(=O)n(C)c1=O. The molecule has 1 unspecified atom stereocenters. The van der Waals surface area contributed by atoms with Crippen molar-refractivity contribution in [2.75, 3.05) is 13.1 Å². The topological polar surface area (TPSA) is 77.2 Å². The number of carbonyl (C=O) groups excluding carboxylic acids is 1. The number of amides is 1. The molecule has 0 aliphatic carbocycles. The first-order valence-electron chi connectivity index (χ1n) is 8.43. The van der Waals surface area contributed by atoms with Crippen molar-refractivity contribution in [1.29, 1.82) is 0 Å². The lowest BCUT2D eigenvalue weighted by Gasteiger charge is -2.33. The van der Waals surface area contributed by atoms with Gasteiger partial charge in [-0.2, -0.15) is 0 Å². The highest BCUT2D eigenvalue weighted by atomic mass is 16.2. The normalized spacial score (nSPS) is 17.5. The summed E-state index contributed by atoms with van der Waals surface area (Å²) in [6.45, 7) is 1.25. The molecule has 1 fully saturated rings. The second-order valence-electron chi connectivity index (χ2n) is 6.55. The predicted molar refractivity (Wildman–Crippen MR) is 93.5 cm³/mol. The Morgan fingerprint density at radius 3 is 2.76 bits per heavy atom. The fourth-order valence-electron chi connectivity index (χ4n) is 3.33. The van der Waals surface area contributed by atoms with Crippen molar-refractivity contribution in [3.8, 4) is 0 Å². The van der Waals surface area contributed by atoms with Crippen molar-refractivity contribution in [3.05, 3.63) is 62.7 Å². The molecule has 0 saturated carbocycles. The third-order valence-electron chi connectivity index (χ3n) is 4.78. The van der Waals surface area contributed by atoms with Gasteiger partial charge in [0, 0.05) is 45.1 Å². The molecule has 3 heterocycles. The molecule has 1 atom stereocenters. The van der Waals surface area contributed by atoms with Crippen LogP contribution in [-0.4, -0.2) is 38.0 Å². The van der Waals surface area contributed by atoms with Crippen molar-refractivity contribution in [1.82, 2.24) is 19.0 Å². The van der Waals surface area contributed by atoms with Crippen LogP contribution in [0.2, 0.25) is 0 Å². The van der Waals surface area contributed by atoms with E-state index in [2.05, 4.69) is 4.98 Å². The highest BCUT2D eigenvalue weighted by Gasteiger charge is 2.26. The number of hydrogen-bond donors (Lipinski definition) is 0. The van der Waals surface area contributed by atoms with Crippen molar-refractivity contribution >= 4 is 5.91 Å². The van der Waals surface area contributed by atoms with Gasteiger partial charge in [0.05, 0.1) is 0 Å². The molecule has 132 valence electrons. The first-order valence-corrected chi connectivity index (χ1v) is 8.43. The van der Waals surface area contributed by atoms with E-state index in [0.717, 1.165) is 29.5 Å². The van der Waals surface area contributed by atoms with Gasteiger partial charge in [-0.15, -0.1) is 0 Å². The molecule has 0 spiro atoms. The molecule has 7 nitrogen and oxygen atoms in total. The summed E-state index contributed by atoms with van der Waals surface area (Å²) in [5, 5.41) is 0. The average Bonchev–Trinajstić information content (AvgIpc) is 2.63. The van der Waals surface area contributed by atoms with Gasteiger partial charge >= 0.3 is 5.69 Å². The second kappa shape index (κ2) is 7.04. The van der Waals surface area contributed by atoms with Gasteiger partial charge in [-0.3, -0.25) is 23.7 Å². The molecule has 1 aliphatic rings.